The highest BCUT2D eigenvalue weighted by atomic mass is 19.3. The van der Waals surface area contributed by atoms with Crippen LogP contribution in [0.3, 0.4) is 0 Å². The molecule has 1 aliphatic rings. The lowest BCUT2D eigenvalue weighted by atomic mass is 9.69. The fourth-order valence-electron chi connectivity index (χ4n) is 3.53. The molecule has 120 valence electrons. The molecule has 20 heavy (non-hydrogen) atoms. The summed E-state index contributed by atoms with van der Waals surface area (Å²) in [6.07, 6.45) is 2.47. The summed E-state index contributed by atoms with van der Waals surface area (Å²) >= 11 is 0. The van der Waals surface area contributed by atoms with E-state index in [1.807, 2.05) is 7.05 Å². The molecule has 2 atom stereocenters. The van der Waals surface area contributed by atoms with Crippen LogP contribution in [0.15, 0.2) is 0 Å². The number of nitrogens with one attached hydrogen (secondary N) is 1. The van der Waals surface area contributed by atoms with Gasteiger partial charge in [0.1, 0.15) is 0 Å². The van der Waals surface area contributed by atoms with Gasteiger partial charge in [-0.1, -0.05) is 19.8 Å². The first-order chi connectivity index (χ1) is 9.47. The molecule has 2 unspecified atom stereocenters. The molecule has 0 amide bonds. The van der Waals surface area contributed by atoms with Gasteiger partial charge in [-0.15, -0.1) is 0 Å². The summed E-state index contributed by atoms with van der Waals surface area (Å²) in [6, 6.07) is 0. The van der Waals surface area contributed by atoms with Gasteiger partial charge in [-0.3, -0.25) is 0 Å². The molecule has 0 heterocycles. The molecule has 0 bridgehead atoms. The number of rotatable bonds is 9. The van der Waals surface area contributed by atoms with Gasteiger partial charge in [-0.2, -0.15) is 0 Å². The van der Waals surface area contributed by atoms with Crippen molar-refractivity contribution in [2.24, 2.45) is 11.3 Å². The third-order valence-electron chi connectivity index (χ3n) is 4.22. The average molecular weight is 292 g/mol. The Morgan fingerprint density at radius 3 is 2.80 bits per heavy atom. The minimum Gasteiger partial charge on any atom is -0.383 e. The SMILES string of the molecule is COCCNCC1(CN(C)CC(F)F)CCCC(C)C1. The van der Waals surface area contributed by atoms with Gasteiger partial charge in [0.25, 0.3) is 6.43 Å². The number of ether oxygens (including phenoxy) is 1. The monoisotopic (exact) mass is 292 g/mol. The Morgan fingerprint density at radius 1 is 1.45 bits per heavy atom. The molecule has 0 aromatic carbocycles. The van der Waals surface area contributed by atoms with Gasteiger partial charge < -0.3 is 15.0 Å². The first-order valence-corrected chi connectivity index (χ1v) is 7.64. The highest BCUT2D eigenvalue weighted by molar-refractivity contribution is 4.89. The van der Waals surface area contributed by atoms with Crippen molar-refractivity contribution in [2.75, 3.05) is 46.9 Å². The van der Waals surface area contributed by atoms with E-state index in [-0.39, 0.29) is 12.0 Å². The Kier molecular flexibility index (Phi) is 7.92. The molecule has 1 rings (SSSR count). The lowest BCUT2D eigenvalue weighted by molar-refractivity contribution is 0.0491. The fourth-order valence-corrected chi connectivity index (χ4v) is 3.53. The zero-order valence-corrected chi connectivity index (χ0v) is 13.1. The highest BCUT2D eigenvalue weighted by Gasteiger charge is 2.35. The van der Waals surface area contributed by atoms with Crippen molar-refractivity contribution in [3.8, 4) is 0 Å². The summed E-state index contributed by atoms with van der Waals surface area (Å²) < 4.78 is 30.1. The summed E-state index contributed by atoms with van der Waals surface area (Å²) in [4.78, 5) is 1.79. The van der Waals surface area contributed by atoms with Crippen molar-refractivity contribution in [1.82, 2.24) is 10.2 Å². The van der Waals surface area contributed by atoms with E-state index in [1.165, 1.54) is 12.8 Å². The molecule has 0 aromatic heterocycles. The van der Waals surface area contributed by atoms with Gasteiger partial charge in [0.2, 0.25) is 0 Å². The second kappa shape index (κ2) is 8.90. The number of alkyl halides is 2. The van der Waals surface area contributed by atoms with Crippen LogP contribution < -0.4 is 5.32 Å². The van der Waals surface area contributed by atoms with E-state index in [2.05, 4.69) is 12.2 Å². The van der Waals surface area contributed by atoms with Crippen molar-refractivity contribution >= 4 is 0 Å². The molecule has 0 radical (unpaired) electrons. The van der Waals surface area contributed by atoms with E-state index in [1.54, 1.807) is 12.0 Å². The molecule has 1 fully saturated rings. The molecule has 0 aromatic rings. The summed E-state index contributed by atoms with van der Waals surface area (Å²) in [5.74, 6) is 0.688. The molecule has 1 saturated carbocycles. The van der Waals surface area contributed by atoms with E-state index >= 15 is 0 Å². The molecule has 0 aliphatic heterocycles. The van der Waals surface area contributed by atoms with Crippen LogP contribution in [0.4, 0.5) is 8.78 Å². The largest absolute Gasteiger partial charge is 0.383 e. The van der Waals surface area contributed by atoms with Crippen molar-refractivity contribution in [3.63, 3.8) is 0 Å². The molecule has 1 aliphatic carbocycles. The predicted octanol–water partition coefficient (Wildman–Crippen LogP) is 2.62. The van der Waals surface area contributed by atoms with Crippen molar-refractivity contribution in [3.05, 3.63) is 0 Å². The summed E-state index contributed by atoms with van der Waals surface area (Å²) in [7, 11) is 3.50. The standard InChI is InChI=1S/C15H30F2N2O/c1-13-5-4-6-15(9-13,11-18-7-8-20-3)12-19(2)10-14(16)17/h13-14,18H,4-12H2,1-3H3. The van der Waals surface area contributed by atoms with Crippen LogP contribution in [-0.2, 0) is 4.74 Å². The van der Waals surface area contributed by atoms with Crippen molar-refractivity contribution in [1.29, 1.82) is 0 Å². The third-order valence-corrected chi connectivity index (χ3v) is 4.22. The maximum Gasteiger partial charge on any atom is 0.251 e. The van der Waals surface area contributed by atoms with Crippen LogP contribution in [0.2, 0.25) is 0 Å². The average Bonchev–Trinajstić information content (AvgIpc) is 2.33. The van der Waals surface area contributed by atoms with Gasteiger partial charge in [-0.05, 0) is 31.2 Å². The maximum absolute atomic E-state index is 12.5. The molecule has 3 nitrogen and oxygen atoms in total. The van der Waals surface area contributed by atoms with Crippen molar-refractivity contribution in [2.45, 2.75) is 39.0 Å². The molecular weight excluding hydrogens is 262 g/mol. The summed E-state index contributed by atoms with van der Waals surface area (Å²) in [5.41, 5.74) is 0.134. The number of nitrogens with zero attached hydrogens (tertiary/aromatic N) is 1. The van der Waals surface area contributed by atoms with Gasteiger partial charge in [0, 0.05) is 26.7 Å². The zero-order chi connectivity index (χ0) is 15.0. The van der Waals surface area contributed by atoms with Crippen molar-refractivity contribution < 1.29 is 13.5 Å². The number of halogens is 2. The van der Waals surface area contributed by atoms with Gasteiger partial charge in [0.05, 0.1) is 13.2 Å². The van der Waals surface area contributed by atoms with Gasteiger partial charge in [-0.25, -0.2) is 8.78 Å². The first kappa shape index (κ1) is 17.8. The van der Waals surface area contributed by atoms with Crippen LogP contribution in [0, 0.1) is 11.3 Å². The van der Waals surface area contributed by atoms with Crippen LogP contribution >= 0.6 is 0 Å². The second-order valence-corrected chi connectivity index (χ2v) is 6.46. The topological polar surface area (TPSA) is 24.5 Å². The van der Waals surface area contributed by atoms with Gasteiger partial charge in [0.15, 0.2) is 0 Å². The molecular formula is C15H30F2N2O. The molecule has 0 saturated heterocycles. The number of methoxy groups -OCH3 is 1. The molecule has 0 spiro atoms. The summed E-state index contributed by atoms with van der Waals surface area (Å²) in [5, 5.41) is 3.44. The van der Waals surface area contributed by atoms with E-state index in [0.717, 1.165) is 32.5 Å². The van der Waals surface area contributed by atoms with Crippen LogP contribution in [-0.4, -0.2) is 58.3 Å². The Morgan fingerprint density at radius 2 is 2.20 bits per heavy atom. The Bertz CT molecular complexity index is 266. The Labute approximate surface area is 122 Å². The second-order valence-electron chi connectivity index (χ2n) is 6.46. The van der Waals surface area contributed by atoms with E-state index < -0.39 is 6.43 Å². The normalized spacial score (nSPS) is 27.4. The number of hydrogen-bond acceptors (Lipinski definition) is 3. The van der Waals surface area contributed by atoms with Crippen LogP contribution in [0.5, 0.6) is 0 Å². The minimum absolute atomic E-state index is 0.131. The Hall–Kier alpha value is -0.260. The molecule has 5 heteroatoms. The number of hydrogen-bond donors (Lipinski definition) is 1. The van der Waals surface area contributed by atoms with Crippen LogP contribution in [0.25, 0.3) is 0 Å². The smallest absolute Gasteiger partial charge is 0.251 e. The van der Waals surface area contributed by atoms with E-state index in [9.17, 15) is 8.78 Å². The third kappa shape index (κ3) is 6.46. The lowest BCUT2D eigenvalue weighted by Gasteiger charge is -2.43. The Balaban J connectivity index is 2.53. The summed E-state index contributed by atoms with van der Waals surface area (Å²) in [6.45, 7) is 5.31. The fraction of sp³-hybridized carbons (Fsp3) is 1.00. The van der Waals surface area contributed by atoms with E-state index in [0.29, 0.717) is 12.5 Å². The zero-order valence-electron chi connectivity index (χ0n) is 13.1. The first-order valence-electron chi connectivity index (χ1n) is 7.64. The quantitative estimate of drug-likeness (QED) is 0.661. The highest BCUT2D eigenvalue weighted by Crippen LogP contribution is 2.39. The van der Waals surface area contributed by atoms with E-state index in [4.69, 9.17) is 4.74 Å². The lowest BCUT2D eigenvalue weighted by Crippen LogP contribution is -2.47. The maximum atomic E-state index is 12.5. The minimum atomic E-state index is -2.25. The predicted molar refractivity (Wildman–Crippen MR) is 78.3 cm³/mol. The van der Waals surface area contributed by atoms with Gasteiger partial charge >= 0.3 is 0 Å². The van der Waals surface area contributed by atoms with Crippen LogP contribution in [0.1, 0.15) is 32.6 Å². The molecule has 1 N–H and O–H groups in total.